The van der Waals surface area contributed by atoms with Gasteiger partial charge in [0.25, 0.3) is 0 Å². The summed E-state index contributed by atoms with van der Waals surface area (Å²) in [6.07, 6.45) is -0.201. The number of halogens is 4. The minimum absolute atomic E-state index is 0.0816. The Morgan fingerprint density at radius 1 is 1.32 bits per heavy atom. The molecule has 7 nitrogen and oxygen atoms in total. The first-order chi connectivity index (χ1) is 14.3. The molecule has 0 bridgehead atoms. The average Bonchev–Trinajstić information content (AvgIpc) is 3.03. The predicted molar refractivity (Wildman–Crippen MR) is 104 cm³/mol. The average molecular weight is 470 g/mol. The van der Waals surface area contributed by atoms with Gasteiger partial charge >= 0.3 is 12.1 Å². The van der Waals surface area contributed by atoms with Crippen molar-refractivity contribution in [2.45, 2.75) is 50.1 Å². The van der Waals surface area contributed by atoms with Crippen molar-refractivity contribution in [2.24, 2.45) is 0 Å². The van der Waals surface area contributed by atoms with Crippen LogP contribution < -0.4 is 4.72 Å². The fourth-order valence-corrected chi connectivity index (χ4v) is 4.23. The normalized spacial score (nSPS) is 24.6. The molecule has 2 fully saturated rings. The van der Waals surface area contributed by atoms with E-state index in [0.717, 1.165) is 45.0 Å². The van der Waals surface area contributed by atoms with Gasteiger partial charge in [-0.25, -0.2) is 22.3 Å². The second kappa shape index (κ2) is 10.2. The van der Waals surface area contributed by atoms with E-state index in [1.165, 1.54) is 6.07 Å². The van der Waals surface area contributed by atoms with E-state index in [0.29, 0.717) is 18.7 Å². The lowest BCUT2D eigenvalue weighted by atomic mass is 9.90. The first kappa shape index (κ1) is 25.5. The van der Waals surface area contributed by atoms with Crippen molar-refractivity contribution < 1.29 is 40.6 Å². The lowest BCUT2D eigenvalue weighted by Crippen LogP contribution is -2.46. The molecule has 0 radical (unpaired) electrons. The van der Waals surface area contributed by atoms with Crippen LogP contribution in [0.4, 0.5) is 17.6 Å². The van der Waals surface area contributed by atoms with Crippen molar-refractivity contribution in [3.05, 3.63) is 35.6 Å². The van der Waals surface area contributed by atoms with Gasteiger partial charge in [-0.2, -0.15) is 13.2 Å². The van der Waals surface area contributed by atoms with Gasteiger partial charge in [-0.1, -0.05) is 18.2 Å². The Balaban J connectivity index is 0.000000423. The molecule has 0 unspecified atom stereocenters. The zero-order valence-electron chi connectivity index (χ0n) is 17.0. The van der Waals surface area contributed by atoms with E-state index in [1.807, 2.05) is 12.1 Å². The molecule has 0 saturated carbocycles. The zero-order valence-corrected chi connectivity index (χ0v) is 17.8. The molecule has 0 amide bonds. The standard InChI is InChI=1S/C17H25FN2O3S.C2HF3O2/c1-24(21,22)19-11-15-6-4-8-17(23-15)9-10-20(13-17)12-14-5-2-3-7-16(14)18;3-2(4,5)1(6)7/h2-3,5,7,15,19H,4,6,8-13H2,1H3;(H,6,7)/t15-,17+;/m0./s1. The second-order valence-electron chi connectivity index (χ2n) is 7.79. The van der Waals surface area contributed by atoms with Crippen LogP contribution in [0.15, 0.2) is 24.3 Å². The molecule has 2 N–H and O–H groups in total. The van der Waals surface area contributed by atoms with Crippen molar-refractivity contribution in [1.82, 2.24) is 9.62 Å². The molecule has 31 heavy (non-hydrogen) atoms. The monoisotopic (exact) mass is 470 g/mol. The Bertz CT molecular complexity index is 865. The van der Waals surface area contributed by atoms with E-state index >= 15 is 0 Å². The van der Waals surface area contributed by atoms with Crippen molar-refractivity contribution in [3.63, 3.8) is 0 Å². The molecular formula is C19H26F4N2O5S. The maximum Gasteiger partial charge on any atom is 0.490 e. The van der Waals surface area contributed by atoms with Crippen LogP contribution in [-0.2, 0) is 26.1 Å². The summed E-state index contributed by atoms with van der Waals surface area (Å²) < 4.78 is 76.9. The smallest absolute Gasteiger partial charge is 0.475 e. The fraction of sp³-hybridized carbons (Fsp3) is 0.632. The summed E-state index contributed by atoms with van der Waals surface area (Å²) >= 11 is 0. The molecule has 176 valence electrons. The third kappa shape index (κ3) is 8.36. The van der Waals surface area contributed by atoms with Crippen LogP contribution >= 0.6 is 0 Å². The summed E-state index contributed by atoms with van der Waals surface area (Å²) in [6, 6.07) is 6.87. The molecular weight excluding hydrogens is 444 g/mol. The lowest BCUT2D eigenvalue weighted by molar-refractivity contribution is -0.192. The van der Waals surface area contributed by atoms with Gasteiger partial charge in [0.1, 0.15) is 5.82 Å². The van der Waals surface area contributed by atoms with Gasteiger partial charge in [0, 0.05) is 31.7 Å². The number of rotatable bonds is 5. The molecule has 0 aromatic heterocycles. The van der Waals surface area contributed by atoms with Gasteiger partial charge in [-0.3, -0.25) is 4.90 Å². The molecule has 1 spiro atoms. The number of nitrogens with one attached hydrogen (secondary N) is 1. The second-order valence-corrected chi connectivity index (χ2v) is 9.62. The highest BCUT2D eigenvalue weighted by Crippen LogP contribution is 2.37. The number of benzene rings is 1. The number of sulfonamides is 1. The molecule has 2 heterocycles. The van der Waals surface area contributed by atoms with Gasteiger partial charge in [-0.15, -0.1) is 0 Å². The molecule has 2 saturated heterocycles. The van der Waals surface area contributed by atoms with Crippen molar-refractivity contribution in [2.75, 3.05) is 25.9 Å². The molecule has 2 aliphatic heterocycles. The van der Waals surface area contributed by atoms with Crippen LogP contribution in [0.5, 0.6) is 0 Å². The maximum absolute atomic E-state index is 13.8. The molecule has 2 atom stereocenters. The Kier molecular flexibility index (Phi) is 8.42. The largest absolute Gasteiger partial charge is 0.490 e. The van der Waals surface area contributed by atoms with Gasteiger partial charge < -0.3 is 9.84 Å². The minimum Gasteiger partial charge on any atom is -0.475 e. The Labute approximate surface area is 178 Å². The van der Waals surface area contributed by atoms with E-state index in [1.54, 1.807) is 6.07 Å². The quantitative estimate of drug-likeness (QED) is 0.643. The van der Waals surface area contributed by atoms with Crippen LogP contribution in [0.25, 0.3) is 0 Å². The van der Waals surface area contributed by atoms with E-state index in [9.17, 15) is 26.0 Å². The molecule has 1 aromatic rings. The van der Waals surface area contributed by atoms with Gasteiger partial charge in [0.15, 0.2) is 0 Å². The molecule has 2 aliphatic rings. The fourth-order valence-electron chi connectivity index (χ4n) is 3.74. The van der Waals surface area contributed by atoms with Crippen molar-refractivity contribution in [1.29, 1.82) is 0 Å². The minimum atomic E-state index is -5.08. The summed E-state index contributed by atoms with van der Waals surface area (Å²) in [5, 5.41) is 7.12. The highest BCUT2D eigenvalue weighted by atomic mass is 32.2. The third-order valence-electron chi connectivity index (χ3n) is 5.14. The van der Waals surface area contributed by atoms with E-state index in [-0.39, 0.29) is 17.5 Å². The van der Waals surface area contributed by atoms with Crippen LogP contribution in [0.2, 0.25) is 0 Å². The number of likely N-dealkylation sites (tertiary alicyclic amines) is 1. The lowest BCUT2D eigenvalue weighted by Gasteiger charge is -2.38. The summed E-state index contributed by atoms with van der Waals surface area (Å²) in [7, 11) is -3.20. The van der Waals surface area contributed by atoms with Crippen LogP contribution in [0, 0.1) is 5.82 Å². The Morgan fingerprint density at radius 2 is 1.97 bits per heavy atom. The first-order valence-electron chi connectivity index (χ1n) is 9.68. The topological polar surface area (TPSA) is 95.9 Å². The van der Waals surface area contributed by atoms with E-state index in [4.69, 9.17) is 14.6 Å². The van der Waals surface area contributed by atoms with Crippen molar-refractivity contribution in [3.8, 4) is 0 Å². The van der Waals surface area contributed by atoms with E-state index in [2.05, 4.69) is 9.62 Å². The van der Waals surface area contributed by atoms with E-state index < -0.39 is 22.2 Å². The third-order valence-corrected chi connectivity index (χ3v) is 5.83. The number of ether oxygens (including phenoxy) is 1. The Morgan fingerprint density at radius 3 is 2.55 bits per heavy atom. The number of hydrogen-bond donors (Lipinski definition) is 2. The van der Waals surface area contributed by atoms with Gasteiger partial charge in [0.05, 0.1) is 18.0 Å². The molecule has 0 aliphatic carbocycles. The Hall–Kier alpha value is -1.76. The summed E-state index contributed by atoms with van der Waals surface area (Å²) in [4.78, 5) is 11.1. The van der Waals surface area contributed by atoms with Gasteiger partial charge in [-0.05, 0) is 31.7 Å². The summed E-state index contributed by atoms with van der Waals surface area (Å²) in [5.74, 6) is -2.93. The zero-order chi connectivity index (χ0) is 23.3. The van der Waals surface area contributed by atoms with Crippen molar-refractivity contribution >= 4 is 16.0 Å². The predicted octanol–water partition coefficient (Wildman–Crippen LogP) is 2.52. The maximum atomic E-state index is 13.8. The number of alkyl halides is 3. The number of aliphatic carboxylic acids is 1. The molecule has 12 heteroatoms. The molecule has 1 aromatic carbocycles. The number of hydrogen-bond acceptors (Lipinski definition) is 5. The SMILES string of the molecule is CS(=O)(=O)NC[C@@H]1CCC[C@]2(CCN(Cc3ccccc3F)C2)O1.O=C(O)C(F)(F)F. The van der Waals surface area contributed by atoms with Crippen LogP contribution in [0.1, 0.15) is 31.2 Å². The van der Waals surface area contributed by atoms with Gasteiger partial charge in [0.2, 0.25) is 10.0 Å². The number of carboxylic acid groups (broad SMARTS) is 1. The summed E-state index contributed by atoms with van der Waals surface area (Å²) in [6.45, 7) is 2.56. The highest BCUT2D eigenvalue weighted by molar-refractivity contribution is 7.88. The number of carbonyl (C=O) groups is 1. The van der Waals surface area contributed by atoms with Crippen LogP contribution in [-0.4, -0.2) is 68.2 Å². The number of carboxylic acids is 1. The highest BCUT2D eigenvalue weighted by Gasteiger charge is 2.43. The summed E-state index contributed by atoms with van der Waals surface area (Å²) in [5.41, 5.74) is 0.494. The number of nitrogens with zero attached hydrogens (tertiary/aromatic N) is 1. The van der Waals surface area contributed by atoms with Crippen LogP contribution in [0.3, 0.4) is 0 Å². The first-order valence-corrected chi connectivity index (χ1v) is 11.6. The molecule has 3 rings (SSSR count).